The Morgan fingerprint density at radius 3 is 2.79 bits per heavy atom. The lowest BCUT2D eigenvalue weighted by molar-refractivity contribution is 0.101. The van der Waals surface area contributed by atoms with Crippen LogP contribution in [-0.4, -0.2) is 15.7 Å². The minimum Gasteiger partial charge on any atom is -0.322 e. The monoisotopic (exact) mass is 331 g/mol. The van der Waals surface area contributed by atoms with Crippen molar-refractivity contribution in [1.29, 1.82) is 0 Å². The van der Waals surface area contributed by atoms with Crippen molar-refractivity contribution in [2.24, 2.45) is 18.9 Å². The van der Waals surface area contributed by atoms with Gasteiger partial charge >= 0.3 is 0 Å². The first-order valence-corrected chi connectivity index (χ1v) is 8.26. The number of nitrogens with one attached hydrogen (secondary N) is 1. The number of nitrogens with zero attached hydrogens (tertiary/aromatic N) is 2. The lowest BCUT2D eigenvalue weighted by Gasteiger charge is -2.11. The summed E-state index contributed by atoms with van der Waals surface area (Å²) in [5.74, 6) is 1.51. The Balaban J connectivity index is 1.56. The van der Waals surface area contributed by atoms with Gasteiger partial charge in [0.2, 0.25) is 0 Å². The number of benzene rings is 1. The average Bonchev–Trinajstić information content (AvgIpc) is 3.44. The van der Waals surface area contributed by atoms with E-state index in [2.05, 4.69) is 10.4 Å². The molecule has 0 unspecified atom stereocenters. The van der Waals surface area contributed by atoms with E-state index >= 15 is 0 Å². The Hall–Kier alpha value is -2.24. The van der Waals surface area contributed by atoms with Gasteiger partial charge in [-0.3, -0.25) is 9.48 Å². The standard InChI is InChI=1S/C18H19F2N3O/c1-23-9-14(16(22-23)17(19)20)18(24)21-15-5-3-2-4-11(15)13-8-12(13)10-6-7-10/h2-5,9-10,12-13,17H,6-8H2,1H3,(H,21,24)/t12-,13-/m1/s1. The van der Waals surface area contributed by atoms with E-state index in [1.165, 1.54) is 30.8 Å². The second-order valence-corrected chi connectivity index (χ2v) is 6.79. The van der Waals surface area contributed by atoms with Crippen molar-refractivity contribution in [3.05, 3.63) is 47.3 Å². The average molecular weight is 331 g/mol. The Bertz CT molecular complexity index is 782. The van der Waals surface area contributed by atoms with Crippen molar-refractivity contribution in [2.45, 2.75) is 31.6 Å². The van der Waals surface area contributed by atoms with Gasteiger partial charge in [0.25, 0.3) is 12.3 Å². The van der Waals surface area contributed by atoms with Gasteiger partial charge < -0.3 is 5.32 Å². The Morgan fingerprint density at radius 1 is 1.33 bits per heavy atom. The molecule has 2 aliphatic rings. The molecule has 2 saturated carbocycles. The first-order valence-electron chi connectivity index (χ1n) is 8.26. The van der Waals surface area contributed by atoms with E-state index in [9.17, 15) is 13.6 Å². The number of hydrogen-bond acceptors (Lipinski definition) is 2. The molecule has 1 heterocycles. The third kappa shape index (κ3) is 2.81. The molecule has 0 saturated heterocycles. The van der Waals surface area contributed by atoms with Crippen LogP contribution >= 0.6 is 0 Å². The van der Waals surface area contributed by atoms with Crippen LogP contribution in [0.15, 0.2) is 30.5 Å². The molecule has 2 aliphatic carbocycles. The van der Waals surface area contributed by atoms with Crippen molar-refractivity contribution < 1.29 is 13.6 Å². The number of hydrogen-bond donors (Lipinski definition) is 1. The third-order valence-corrected chi connectivity index (χ3v) is 4.98. The zero-order valence-electron chi connectivity index (χ0n) is 13.4. The molecule has 24 heavy (non-hydrogen) atoms. The second-order valence-electron chi connectivity index (χ2n) is 6.79. The molecule has 2 fully saturated rings. The van der Waals surface area contributed by atoms with Gasteiger partial charge in [-0.2, -0.15) is 5.10 Å². The molecule has 0 bridgehead atoms. The van der Waals surface area contributed by atoms with Crippen LogP contribution in [0.4, 0.5) is 14.5 Å². The molecule has 0 aliphatic heterocycles. The Morgan fingerprint density at radius 2 is 2.08 bits per heavy atom. The summed E-state index contributed by atoms with van der Waals surface area (Å²) in [6.07, 6.45) is 2.34. The predicted octanol–water partition coefficient (Wildman–Crippen LogP) is 4.12. The highest BCUT2D eigenvalue weighted by molar-refractivity contribution is 6.05. The summed E-state index contributed by atoms with van der Waals surface area (Å²) < 4.78 is 27.3. The van der Waals surface area contributed by atoms with E-state index in [1.54, 1.807) is 0 Å². The van der Waals surface area contributed by atoms with Gasteiger partial charge in [0.1, 0.15) is 5.69 Å². The zero-order chi connectivity index (χ0) is 16.8. The summed E-state index contributed by atoms with van der Waals surface area (Å²) in [4.78, 5) is 12.5. The van der Waals surface area contributed by atoms with Crippen LogP contribution in [-0.2, 0) is 7.05 Å². The number of alkyl halides is 2. The number of carbonyl (C=O) groups excluding carboxylic acids is 1. The maximum atomic E-state index is 13.0. The van der Waals surface area contributed by atoms with Crippen molar-refractivity contribution in [3.8, 4) is 0 Å². The summed E-state index contributed by atoms with van der Waals surface area (Å²) >= 11 is 0. The largest absolute Gasteiger partial charge is 0.322 e. The molecule has 4 rings (SSSR count). The second kappa shape index (κ2) is 5.69. The van der Waals surface area contributed by atoms with Gasteiger partial charge in [0.05, 0.1) is 5.56 Å². The molecule has 0 radical (unpaired) electrons. The first kappa shape index (κ1) is 15.3. The molecule has 1 amide bonds. The maximum Gasteiger partial charge on any atom is 0.282 e. The summed E-state index contributed by atoms with van der Waals surface area (Å²) in [5, 5.41) is 6.50. The van der Waals surface area contributed by atoms with Gasteiger partial charge in [-0.25, -0.2) is 8.78 Å². The number of amides is 1. The maximum absolute atomic E-state index is 13.0. The highest BCUT2D eigenvalue weighted by atomic mass is 19.3. The number of aromatic nitrogens is 2. The minimum absolute atomic E-state index is 0.0724. The predicted molar refractivity (Wildman–Crippen MR) is 86.1 cm³/mol. The topological polar surface area (TPSA) is 46.9 Å². The number of carbonyl (C=O) groups is 1. The fraction of sp³-hybridized carbons (Fsp3) is 0.444. The summed E-state index contributed by atoms with van der Waals surface area (Å²) in [5.41, 5.74) is 1.29. The third-order valence-electron chi connectivity index (χ3n) is 4.98. The molecule has 4 nitrogen and oxygen atoms in total. The van der Waals surface area contributed by atoms with Gasteiger partial charge in [-0.1, -0.05) is 18.2 Å². The highest BCUT2D eigenvalue weighted by Gasteiger charge is 2.48. The summed E-state index contributed by atoms with van der Waals surface area (Å²) in [6.45, 7) is 0. The molecule has 126 valence electrons. The molecular weight excluding hydrogens is 312 g/mol. The van der Waals surface area contributed by atoms with E-state index < -0.39 is 18.0 Å². The first-order chi connectivity index (χ1) is 11.5. The van der Waals surface area contributed by atoms with Crippen LogP contribution in [0, 0.1) is 11.8 Å². The molecule has 1 aromatic carbocycles. The number of halogens is 2. The van der Waals surface area contributed by atoms with E-state index in [0.717, 1.165) is 29.5 Å². The quantitative estimate of drug-likeness (QED) is 0.896. The molecule has 6 heteroatoms. The van der Waals surface area contributed by atoms with Crippen LogP contribution in [0.2, 0.25) is 0 Å². The number of para-hydroxylation sites is 1. The summed E-state index contributed by atoms with van der Waals surface area (Å²) in [6, 6.07) is 7.68. The lowest BCUT2D eigenvalue weighted by atomic mass is 10.0. The fourth-order valence-corrected chi connectivity index (χ4v) is 3.58. The van der Waals surface area contributed by atoms with Crippen molar-refractivity contribution in [1.82, 2.24) is 9.78 Å². The van der Waals surface area contributed by atoms with Crippen molar-refractivity contribution >= 4 is 11.6 Å². The van der Waals surface area contributed by atoms with Crippen LogP contribution in [0.25, 0.3) is 0 Å². The smallest absolute Gasteiger partial charge is 0.282 e. The van der Waals surface area contributed by atoms with Gasteiger partial charge in [0.15, 0.2) is 0 Å². The minimum atomic E-state index is -2.77. The molecule has 0 spiro atoms. The van der Waals surface area contributed by atoms with E-state index in [-0.39, 0.29) is 5.56 Å². The highest BCUT2D eigenvalue weighted by Crippen LogP contribution is 2.60. The van der Waals surface area contributed by atoms with Gasteiger partial charge in [-0.15, -0.1) is 0 Å². The van der Waals surface area contributed by atoms with Crippen LogP contribution in [0.1, 0.15) is 53.2 Å². The lowest BCUT2D eigenvalue weighted by Crippen LogP contribution is -2.14. The zero-order valence-corrected chi connectivity index (χ0v) is 13.4. The molecule has 1 aromatic heterocycles. The number of anilines is 1. The van der Waals surface area contributed by atoms with Crippen LogP contribution in [0.3, 0.4) is 0 Å². The van der Waals surface area contributed by atoms with E-state index in [4.69, 9.17) is 0 Å². The van der Waals surface area contributed by atoms with Crippen molar-refractivity contribution in [3.63, 3.8) is 0 Å². The summed E-state index contributed by atoms with van der Waals surface area (Å²) in [7, 11) is 1.53. The van der Waals surface area contributed by atoms with E-state index in [0.29, 0.717) is 5.92 Å². The van der Waals surface area contributed by atoms with E-state index in [1.807, 2.05) is 24.3 Å². The Kier molecular flexibility index (Phi) is 3.62. The van der Waals surface area contributed by atoms with Gasteiger partial charge in [-0.05, 0) is 48.6 Å². The molecule has 2 atom stereocenters. The molecule has 2 aromatic rings. The van der Waals surface area contributed by atoms with Crippen LogP contribution < -0.4 is 5.32 Å². The van der Waals surface area contributed by atoms with Crippen molar-refractivity contribution in [2.75, 3.05) is 5.32 Å². The van der Waals surface area contributed by atoms with Gasteiger partial charge in [0, 0.05) is 18.9 Å². The van der Waals surface area contributed by atoms with Crippen LogP contribution in [0.5, 0.6) is 0 Å². The fourth-order valence-electron chi connectivity index (χ4n) is 3.58. The molecular formula is C18H19F2N3O. The number of rotatable bonds is 5. The number of aryl methyl sites for hydroxylation is 1. The SMILES string of the molecule is Cn1cc(C(=O)Nc2ccccc2[C@H]2C[C@@H]2C2CC2)c(C(F)F)n1. The normalized spacial score (nSPS) is 22.7. The Labute approximate surface area is 138 Å². The molecule has 1 N–H and O–H groups in total.